The van der Waals surface area contributed by atoms with E-state index in [4.69, 9.17) is 0 Å². The molecule has 23 heavy (non-hydrogen) atoms. The molecule has 6 heteroatoms. The van der Waals surface area contributed by atoms with Crippen LogP contribution >= 0.6 is 11.3 Å². The van der Waals surface area contributed by atoms with Crippen LogP contribution < -0.4 is 0 Å². The first-order valence-electron chi connectivity index (χ1n) is 7.58. The summed E-state index contributed by atoms with van der Waals surface area (Å²) in [5, 5.41) is 2.82. The fourth-order valence-electron chi connectivity index (χ4n) is 2.73. The van der Waals surface area contributed by atoms with Crippen molar-refractivity contribution in [1.29, 1.82) is 0 Å². The van der Waals surface area contributed by atoms with Crippen molar-refractivity contribution in [2.45, 2.75) is 33.0 Å². The second-order valence-electron chi connectivity index (χ2n) is 5.76. The highest BCUT2D eigenvalue weighted by Gasteiger charge is 2.36. The number of carbonyl (C=O) groups excluding carboxylic acids is 2. The van der Waals surface area contributed by atoms with Crippen molar-refractivity contribution in [3.05, 3.63) is 52.0 Å². The third kappa shape index (κ3) is 3.42. The van der Waals surface area contributed by atoms with E-state index in [0.717, 1.165) is 16.3 Å². The van der Waals surface area contributed by atoms with Crippen molar-refractivity contribution < 1.29 is 9.59 Å². The fraction of sp³-hybridized carbons (Fsp3) is 0.353. The largest absolute Gasteiger partial charge is 0.327 e. The normalized spacial score (nSPS) is 18.6. The number of thiazole rings is 1. The van der Waals surface area contributed by atoms with Gasteiger partial charge in [0.15, 0.2) is 0 Å². The van der Waals surface area contributed by atoms with Crippen molar-refractivity contribution in [3.8, 4) is 0 Å². The van der Waals surface area contributed by atoms with E-state index in [-0.39, 0.29) is 18.4 Å². The van der Waals surface area contributed by atoms with Gasteiger partial charge in [-0.05, 0) is 19.4 Å². The Bertz CT molecular complexity index is 714. The van der Waals surface area contributed by atoms with Gasteiger partial charge >= 0.3 is 0 Å². The lowest BCUT2D eigenvalue weighted by molar-refractivity contribution is -0.156. The van der Waals surface area contributed by atoms with Gasteiger partial charge in [-0.25, -0.2) is 4.98 Å². The predicted octanol–water partition coefficient (Wildman–Crippen LogP) is 2.21. The summed E-state index contributed by atoms with van der Waals surface area (Å²) in [4.78, 5) is 32.7. The lowest BCUT2D eigenvalue weighted by Gasteiger charge is -2.38. The Labute approximate surface area is 139 Å². The number of hydrogen-bond acceptors (Lipinski definition) is 4. The molecule has 3 rings (SSSR count). The van der Waals surface area contributed by atoms with Gasteiger partial charge in [-0.2, -0.15) is 0 Å². The molecule has 1 aromatic carbocycles. The third-order valence-electron chi connectivity index (χ3n) is 3.97. The molecule has 2 heterocycles. The van der Waals surface area contributed by atoms with Crippen LogP contribution in [0.15, 0.2) is 35.7 Å². The zero-order chi connectivity index (χ0) is 16.4. The van der Waals surface area contributed by atoms with Crippen LogP contribution in [0.1, 0.15) is 23.2 Å². The molecular weight excluding hydrogens is 310 g/mol. The summed E-state index contributed by atoms with van der Waals surface area (Å²) in [7, 11) is 0. The van der Waals surface area contributed by atoms with Crippen molar-refractivity contribution in [2.75, 3.05) is 6.54 Å². The molecule has 5 nitrogen and oxygen atoms in total. The molecule has 1 aliphatic rings. The fourth-order valence-corrected chi connectivity index (χ4v) is 3.50. The Hall–Kier alpha value is -2.21. The van der Waals surface area contributed by atoms with Gasteiger partial charge < -0.3 is 9.80 Å². The first-order chi connectivity index (χ1) is 11.0. The van der Waals surface area contributed by atoms with E-state index in [1.165, 1.54) is 11.3 Å². The quantitative estimate of drug-likeness (QED) is 0.864. The van der Waals surface area contributed by atoms with E-state index in [1.54, 1.807) is 16.7 Å². The summed E-state index contributed by atoms with van der Waals surface area (Å²) in [6, 6.07) is 9.29. The molecule has 0 unspecified atom stereocenters. The first-order valence-corrected chi connectivity index (χ1v) is 8.46. The lowest BCUT2D eigenvalue weighted by Crippen LogP contribution is -2.57. The number of hydrogen-bond donors (Lipinski definition) is 0. The summed E-state index contributed by atoms with van der Waals surface area (Å²) in [5.41, 5.74) is 1.98. The van der Waals surface area contributed by atoms with Crippen LogP contribution in [0.4, 0.5) is 0 Å². The molecule has 0 aliphatic carbocycles. The molecule has 0 saturated carbocycles. The van der Waals surface area contributed by atoms with Gasteiger partial charge in [-0.1, -0.05) is 30.3 Å². The molecule has 1 aromatic heterocycles. The second-order valence-corrected chi connectivity index (χ2v) is 6.70. The molecule has 1 fully saturated rings. The average molecular weight is 329 g/mol. The number of aryl methyl sites for hydroxylation is 1. The van der Waals surface area contributed by atoms with Crippen LogP contribution in [0.25, 0.3) is 0 Å². The van der Waals surface area contributed by atoms with Crippen LogP contribution in [0.3, 0.4) is 0 Å². The van der Waals surface area contributed by atoms with Crippen molar-refractivity contribution in [3.63, 3.8) is 0 Å². The number of nitrogens with zero attached hydrogens (tertiary/aromatic N) is 3. The van der Waals surface area contributed by atoms with Gasteiger partial charge in [0.2, 0.25) is 11.8 Å². The van der Waals surface area contributed by atoms with E-state index < -0.39 is 6.04 Å². The van der Waals surface area contributed by atoms with Crippen LogP contribution in [0, 0.1) is 6.92 Å². The number of rotatable bonds is 4. The molecule has 2 aromatic rings. The van der Waals surface area contributed by atoms with Crippen LogP contribution in [-0.2, 0) is 22.7 Å². The van der Waals surface area contributed by atoms with Gasteiger partial charge in [0.05, 0.1) is 6.54 Å². The minimum absolute atomic E-state index is 0.0123. The Morgan fingerprint density at radius 2 is 1.96 bits per heavy atom. The first kappa shape index (κ1) is 15.7. The standard InChI is InChI=1S/C17H19N3O2S/c1-12-11-23-15(18-12)9-20-13(2)17(22)19(10-16(20)21)8-14-6-4-3-5-7-14/h3-7,11,13H,8-10H2,1-2H3/t13-/m0/s1. The molecule has 0 bridgehead atoms. The van der Waals surface area contributed by atoms with Crippen LogP contribution in [-0.4, -0.2) is 39.2 Å². The molecule has 0 spiro atoms. The average Bonchev–Trinajstić information content (AvgIpc) is 2.95. The number of aromatic nitrogens is 1. The van der Waals surface area contributed by atoms with E-state index in [2.05, 4.69) is 4.98 Å². The Kier molecular flexibility index (Phi) is 4.43. The Morgan fingerprint density at radius 3 is 2.61 bits per heavy atom. The summed E-state index contributed by atoms with van der Waals surface area (Å²) in [6.45, 7) is 4.72. The monoisotopic (exact) mass is 329 g/mol. The third-order valence-corrected chi connectivity index (χ3v) is 4.92. The maximum atomic E-state index is 12.6. The summed E-state index contributed by atoms with van der Waals surface area (Å²) < 4.78 is 0. The van der Waals surface area contributed by atoms with Crippen molar-refractivity contribution >= 4 is 23.2 Å². The number of carbonyl (C=O) groups is 2. The SMILES string of the molecule is Cc1csc(CN2C(=O)CN(Cc3ccccc3)C(=O)[C@@H]2C)n1. The van der Waals surface area contributed by atoms with Gasteiger partial charge in [0.1, 0.15) is 17.6 Å². The topological polar surface area (TPSA) is 53.5 Å². The zero-order valence-corrected chi connectivity index (χ0v) is 14.0. The minimum atomic E-state index is -0.454. The Morgan fingerprint density at radius 1 is 1.22 bits per heavy atom. The van der Waals surface area contributed by atoms with Crippen molar-refractivity contribution in [2.24, 2.45) is 0 Å². The molecule has 0 N–H and O–H groups in total. The molecule has 120 valence electrons. The van der Waals surface area contributed by atoms with Crippen LogP contribution in [0.2, 0.25) is 0 Å². The second kappa shape index (κ2) is 6.50. The van der Waals surface area contributed by atoms with Crippen LogP contribution in [0.5, 0.6) is 0 Å². The van der Waals surface area contributed by atoms with E-state index in [1.807, 2.05) is 42.6 Å². The number of piperazine rings is 1. The minimum Gasteiger partial charge on any atom is -0.327 e. The molecule has 1 aliphatic heterocycles. The maximum absolute atomic E-state index is 12.6. The highest BCUT2D eigenvalue weighted by atomic mass is 32.1. The summed E-state index contributed by atoms with van der Waals surface area (Å²) >= 11 is 1.52. The van der Waals surface area contributed by atoms with E-state index in [9.17, 15) is 9.59 Å². The Balaban J connectivity index is 1.71. The van der Waals surface area contributed by atoms with E-state index >= 15 is 0 Å². The van der Waals surface area contributed by atoms with E-state index in [0.29, 0.717) is 13.1 Å². The lowest BCUT2D eigenvalue weighted by atomic mass is 10.1. The predicted molar refractivity (Wildman–Crippen MR) is 88.7 cm³/mol. The highest BCUT2D eigenvalue weighted by Crippen LogP contribution is 2.20. The summed E-state index contributed by atoms with van der Waals surface area (Å²) in [5.74, 6) is -0.0392. The van der Waals surface area contributed by atoms with Crippen molar-refractivity contribution in [1.82, 2.24) is 14.8 Å². The van der Waals surface area contributed by atoms with Gasteiger partial charge in [-0.15, -0.1) is 11.3 Å². The zero-order valence-electron chi connectivity index (χ0n) is 13.2. The molecule has 2 amide bonds. The highest BCUT2D eigenvalue weighted by molar-refractivity contribution is 7.09. The summed E-state index contributed by atoms with van der Waals surface area (Å²) in [6.07, 6.45) is 0. The van der Waals surface area contributed by atoms with Gasteiger partial charge in [-0.3, -0.25) is 9.59 Å². The smallest absolute Gasteiger partial charge is 0.245 e. The maximum Gasteiger partial charge on any atom is 0.245 e. The molecular formula is C17H19N3O2S. The molecule has 1 atom stereocenters. The molecule has 0 radical (unpaired) electrons. The van der Waals surface area contributed by atoms with Gasteiger partial charge in [0, 0.05) is 17.6 Å². The molecule has 1 saturated heterocycles. The number of amides is 2. The van der Waals surface area contributed by atoms with Gasteiger partial charge in [0.25, 0.3) is 0 Å². The number of benzene rings is 1.